The van der Waals surface area contributed by atoms with Crippen LogP contribution in [0.15, 0.2) is 53.7 Å². The molecule has 0 saturated heterocycles. The molecule has 0 aliphatic heterocycles. The number of allylic oxidation sites excluding steroid dienone is 4. The first-order valence-corrected chi connectivity index (χ1v) is 23.0. The van der Waals surface area contributed by atoms with Crippen molar-refractivity contribution in [1.29, 1.82) is 0 Å². The Bertz CT molecular complexity index is 2210. The fraction of sp³-hybridized carbons (Fsp3) is 0.583. The number of alkyl halides is 1. The number of carbonyl (C=O) groups excluding carboxylic acids is 3. The molecular weight excluding hydrogens is 859 g/mol. The largest absolute Gasteiger partial charge is 1.00 e. The van der Waals surface area contributed by atoms with E-state index in [1.54, 1.807) is 44.4 Å². The number of hydrogen-bond donors (Lipinski definition) is 6. The molecule has 8 atom stereocenters. The number of nitrogen functional groups attached to an aromatic ring is 1. The number of carbonyl (C=O) groups is 3. The third kappa shape index (κ3) is 9.77. The van der Waals surface area contributed by atoms with Gasteiger partial charge in [-0.2, -0.15) is 4.57 Å². The summed E-state index contributed by atoms with van der Waals surface area (Å²) in [6, 6.07) is 6.03. The van der Waals surface area contributed by atoms with Gasteiger partial charge in [-0.15, -0.1) is 0 Å². The molecule has 352 valence electrons. The Morgan fingerprint density at radius 1 is 1.09 bits per heavy atom. The van der Waals surface area contributed by atoms with Gasteiger partial charge >= 0.3 is 0 Å². The lowest BCUT2D eigenvalue weighted by Crippen LogP contribution is -3.00. The maximum Gasteiger partial charge on any atom is 0.238 e. The van der Waals surface area contributed by atoms with E-state index >= 15 is 4.39 Å². The number of aromatic nitrogens is 3. The first-order chi connectivity index (χ1) is 29.7. The van der Waals surface area contributed by atoms with Crippen LogP contribution < -0.4 is 28.0 Å². The molecule has 3 saturated carbocycles. The molecule has 7 N–H and O–H groups in total. The van der Waals surface area contributed by atoms with Crippen LogP contribution in [0.2, 0.25) is 0 Å². The summed E-state index contributed by atoms with van der Waals surface area (Å²) in [6.45, 7) is 19.6. The standard InChI is InChI=1S/C22H29FO5.C14H22N2O.C12H17N4OS.ClH/c1-12-8-16-15-5-4-13-9-14(25)6-7-19(13,2)21(15,23)17(26)10-20(16,3)22(12,28)18(27)11-24;1-5-16(6-2)10-13(17)15-14-11(3)8-7-9-12(14)4;1-8-11(3-4-17)18-7-16(8)6-10-5-14-9(2)15-12(10)13;/h6-7,9,12,15-17,24,26,28H,4-5,8,10-11H2,1-3H3;7-9H,5-6,10H2,1-4H3,(H,15,17);5,7,17H,3-4,6H2,1-2H3,(H2,13,14,15);1H/q;;+1;/p-1/t12-,15+,16+,17+,19+,20+,21+,22+;;;/m1.../s1. The Morgan fingerprint density at radius 2 is 1.75 bits per heavy atom. The molecule has 0 unspecified atom stereocenters. The van der Waals surface area contributed by atoms with Crippen LogP contribution in [0.1, 0.15) is 93.4 Å². The number of likely N-dealkylation sites (N-methyl/N-ethyl adjacent to an activating group) is 1. The van der Waals surface area contributed by atoms with Crippen molar-refractivity contribution in [2.24, 2.45) is 28.6 Å². The van der Waals surface area contributed by atoms with Crippen molar-refractivity contribution in [3.8, 4) is 0 Å². The highest BCUT2D eigenvalue weighted by Crippen LogP contribution is 2.70. The van der Waals surface area contributed by atoms with Gasteiger partial charge in [-0.1, -0.05) is 68.9 Å². The zero-order valence-electron chi connectivity index (χ0n) is 38.8. The van der Waals surface area contributed by atoms with Crippen molar-refractivity contribution in [3.63, 3.8) is 0 Å². The van der Waals surface area contributed by atoms with E-state index in [-0.39, 0.29) is 43.0 Å². The Hall–Kier alpha value is -3.96. The molecule has 3 fully saturated rings. The number of hydrogen-bond acceptors (Lipinski definition) is 12. The maximum absolute atomic E-state index is 16.9. The number of benzene rings is 1. The number of halogens is 2. The molecule has 0 spiro atoms. The monoisotopic (exact) mass is 926 g/mol. The summed E-state index contributed by atoms with van der Waals surface area (Å²) in [5.41, 5.74) is 8.00. The molecule has 64 heavy (non-hydrogen) atoms. The summed E-state index contributed by atoms with van der Waals surface area (Å²) < 4.78 is 19.0. The predicted octanol–water partition coefficient (Wildman–Crippen LogP) is 2.09. The van der Waals surface area contributed by atoms with E-state index < -0.39 is 52.4 Å². The van der Waals surface area contributed by atoms with Crippen LogP contribution in [0.3, 0.4) is 0 Å². The van der Waals surface area contributed by atoms with Crippen molar-refractivity contribution in [2.45, 2.75) is 118 Å². The number of rotatable bonds is 11. The van der Waals surface area contributed by atoms with Crippen LogP contribution in [0.5, 0.6) is 0 Å². The quantitative estimate of drug-likeness (QED) is 0.154. The van der Waals surface area contributed by atoms with Gasteiger partial charge in [-0.25, -0.2) is 14.4 Å². The minimum Gasteiger partial charge on any atom is -1.00 e. The summed E-state index contributed by atoms with van der Waals surface area (Å²) in [4.78, 5) is 47.9. The lowest BCUT2D eigenvalue weighted by molar-refractivity contribution is -0.689. The fourth-order valence-corrected chi connectivity index (χ4v) is 11.9. The normalized spacial score (nSPS) is 28.9. The number of ketones is 2. The topological polar surface area (TPSA) is 203 Å². The van der Waals surface area contributed by atoms with Gasteiger partial charge in [0.1, 0.15) is 23.9 Å². The van der Waals surface area contributed by atoms with Gasteiger partial charge in [0.15, 0.2) is 29.5 Å². The van der Waals surface area contributed by atoms with Crippen LogP contribution in [0, 0.1) is 56.3 Å². The van der Waals surface area contributed by atoms with Crippen molar-refractivity contribution in [2.75, 3.05) is 43.9 Å². The number of nitrogens with two attached hydrogens (primary N) is 1. The molecule has 4 aliphatic rings. The highest BCUT2D eigenvalue weighted by Gasteiger charge is 2.75. The Balaban J connectivity index is 0.000000219. The SMILES string of the molecule is CCN(CC)CC(=O)Nc1c(C)cccc1C.C[C@@H]1C[C@H]2[C@@H]3CCC4=CC(=O)C=C[C@]4(C)[C@@]3(F)[C@@H](O)C[C@]2(C)[C@@]1(O)C(=O)CO.Cc1ncc(C[n+]2csc(CCO)c2C)c(N)n1.[Cl-]. The molecule has 0 radical (unpaired) electrons. The molecule has 2 heterocycles. The molecule has 16 heteroatoms. The molecule has 7 rings (SSSR count). The molecule has 4 aliphatic carbocycles. The summed E-state index contributed by atoms with van der Waals surface area (Å²) in [7, 11) is 0. The van der Waals surface area contributed by atoms with Gasteiger partial charge in [0.05, 0.1) is 23.1 Å². The number of nitrogens with zero attached hydrogens (tertiary/aromatic N) is 4. The highest BCUT2D eigenvalue weighted by molar-refractivity contribution is 7.09. The average molecular weight is 928 g/mol. The summed E-state index contributed by atoms with van der Waals surface area (Å²) in [6.07, 6.45) is 6.91. The summed E-state index contributed by atoms with van der Waals surface area (Å²) in [5, 5.41) is 43.9. The fourth-order valence-electron chi connectivity index (χ4n) is 10.9. The third-order valence-corrected chi connectivity index (χ3v) is 15.8. The zero-order valence-corrected chi connectivity index (χ0v) is 40.3. The Morgan fingerprint density at radius 3 is 2.34 bits per heavy atom. The van der Waals surface area contributed by atoms with Crippen molar-refractivity contribution in [3.05, 3.63) is 86.8 Å². The van der Waals surface area contributed by atoms with E-state index in [0.29, 0.717) is 56.0 Å². The molecular formula is C48H68ClFN6O7S. The molecule has 1 aromatic carbocycles. The van der Waals surface area contributed by atoms with Crippen LogP contribution in [0.25, 0.3) is 0 Å². The van der Waals surface area contributed by atoms with Crippen LogP contribution >= 0.6 is 11.3 Å². The lowest BCUT2D eigenvalue weighted by Gasteiger charge is -2.62. The number of amides is 1. The first-order valence-electron chi connectivity index (χ1n) is 22.1. The molecule has 2 aromatic heterocycles. The van der Waals surface area contributed by atoms with E-state index in [9.17, 15) is 29.7 Å². The smallest absolute Gasteiger partial charge is 0.238 e. The van der Waals surface area contributed by atoms with E-state index in [1.807, 2.05) is 51.4 Å². The molecule has 1 amide bonds. The van der Waals surface area contributed by atoms with Crippen LogP contribution in [-0.4, -0.2) is 103 Å². The van der Waals surface area contributed by atoms with E-state index in [1.165, 1.54) is 17.0 Å². The van der Waals surface area contributed by atoms with Gasteiger partial charge < -0.3 is 43.9 Å². The first kappa shape index (κ1) is 52.7. The van der Waals surface area contributed by atoms with Crippen LogP contribution in [-0.2, 0) is 27.3 Å². The minimum absolute atomic E-state index is 0. The Kier molecular flexibility index (Phi) is 17.4. The predicted molar refractivity (Wildman–Crippen MR) is 243 cm³/mol. The maximum atomic E-state index is 16.9. The van der Waals surface area contributed by atoms with E-state index in [2.05, 4.69) is 38.6 Å². The average Bonchev–Trinajstić information content (AvgIpc) is 3.68. The van der Waals surface area contributed by atoms with Crippen molar-refractivity contribution >= 4 is 40.3 Å². The van der Waals surface area contributed by atoms with E-state index in [0.717, 1.165) is 41.2 Å². The van der Waals surface area contributed by atoms with Gasteiger partial charge in [0.25, 0.3) is 0 Å². The van der Waals surface area contributed by atoms with E-state index in [4.69, 9.17) is 10.8 Å². The molecule has 3 aromatic rings. The van der Waals surface area contributed by atoms with Crippen molar-refractivity contribution in [1.82, 2.24) is 14.9 Å². The second-order valence-electron chi connectivity index (χ2n) is 18.2. The summed E-state index contributed by atoms with van der Waals surface area (Å²) in [5.74, 6) is -0.842. The second kappa shape index (κ2) is 21.1. The third-order valence-electron chi connectivity index (χ3n) is 14.7. The lowest BCUT2D eigenvalue weighted by atomic mass is 9.44. The molecule has 0 bridgehead atoms. The highest BCUT2D eigenvalue weighted by atomic mass is 35.5. The number of aliphatic hydroxyl groups excluding tert-OH is 3. The van der Waals surface area contributed by atoms with Crippen molar-refractivity contribution < 1.29 is 56.2 Å². The number of Topliss-reactive ketones (excluding diaryl/α,β-unsaturated/α-hetero) is 1. The number of para-hydroxylation sites is 1. The van der Waals surface area contributed by atoms with Crippen LogP contribution in [0.4, 0.5) is 15.9 Å². The van der Waals surface area contributed by atoms with Gasteiger partial charge in [-0.05, 0) is 102 Å². The van der Waals surface area contributed by atoms with Gasteiger partial charge in [-0.3, -0.25) is 19.3 Å². The molecule has 13 nitrogen and oxygen atoms in total. The number of nitrogens with one attached hydrogen (secondary N) is 1. The van der Waals surface area contributed by atoms with Gasteiger partial charge in [0, 0.05) is 48.6 Å². The van der Waals surface area contributed by atoms with Gasteiger partial charge in [0.2, 0.25) is 11.4 Å². The number of aliphatic hydroxyl groups is 4. The zero-order chi connectivity index (χ0) is 46.7. The number of fused-ring (bicyclic) bond motifs is 5. The minimum atomic E-state index is -1.98. The second-order valence-corrected chi connectivity index (χ2v) is 19.1. The number of thiazole rings is 1. The number of aryl methyl sites for hydroxylation is 3. The Labute approximate surface area is 387 Å². The number of anilines is 2. The summed E-state index contributed by atoms with van der Waals surface area (Å²) >= 11 is 1.65.